The second-order valence-electron chi connectivity index (χ2n) is 5.58. The van der Waals surface area contributed by atoms with Crippen molar-refractivity contribution in [2.24, 2.45) is 0 Å². The Morgan fingerprint density at radius 3 is 2.37 bits per heavy atom. The SMILES string of the molecule is Cc1cc(S(=O)(=O)N2CC(C)(N(C)C)C2)ccc1Br. The van der Waals surface area contributed by atoms with Gasteiger partial charge in [-0.05, 0) is 51.7 Å². The fraction of sp³-hybridized carbons (Fsp3) is 0.538. The van der Waals surface area contributed by atoms with Gasteiger partial charge in [0.25, 0.3) is 0 Å². The third kappa shape index (κ3) is 2.59. The second kappa shape index (κ2) is 4.84. The van der Waals surface area contributed by atoms with Crippen molar-refractivity contribution in [1.82, 2.24) is 9.21 Å². The van der Waals surface area contributed by atoms with Crippen LogP contribution in [0, 0.1) is 6.92 Å². The van der Waals surface area contributed by atoms with Crippen LogP contribution in [-0.2, 0) is 10.0 Å². The molecule has 106 valence electrons. The van der Waals surface area contributed by atoms with Crippen LogP contribution in [0.4, 0.5) is 0 Å². The first kappa shape index (κ1) is 15.0. The number of hydrogen-bond donors (Lipinski definition) is 0. The van der Waals surface area contributed by atoms with Gasteiger partial charge in [0, 0.05) is 23.1 Å². The summed E-state index contributed by atoms with van der Waals surface area (Å²) in [5, 5.41) is 0. The molecule has 0 radical (unpaired) electrons. The number of benzene rings is 1. The lowest BCUT2D eigenvalue weighted by Crippen LogP contribution is -2.67. The van der Waals surface area contributed by atoms with Crippen molar-refractivity contribution in [2.75, 3.05) is 27.2 Å². The van der Waals surface area contributed by atoms with E-state index in [-0.39, 0.29) is 5.54 Å². The lowest BCUT2D eigenvalue weighted by Gasteiger charge is -2.50. The Hall–Kier alpha value is -0.430. The van der Waals surface area contributed by atoms with E-state index in [2.05, 4.69) is 27.8 Å². The minimum absolute atomic E-state index is 0.0581. The molecule has 1 aromatic carbocycles. The van der Waals surface area contributed by atoms with E-state index >= 15 is 0 Å². The summed E-state index contributed by atoms with van der Waals surface area (Å²) >= 11 is 3.39. The van der Waals surface area contributed by atoms with Gasteiger partial charge in [0.1, 0.15) is 0 Å². The fourth-order valence-corrected chi connectivity index (χ4v) is 4.10. The number of aryl methyl sites for hydroxylation is 1. The summed E-state index contributed by atoms with van der Waals surface area (Å²) in [6.45, 7) is 5.05. The van der Waals surface area contributed by atoms with Crippen molar-refractivity contribution in [1.29, 1.82) is 0 Å². The second-order valence-corrected chi connectivity index (χ2v) is 8.37. The van der Waals surface area contributed by atoms with E-state index in [1.54, 1.807) is 18.2 Å². The Balaban J connectivity index is 2.23. The predicted octanol–water partition coefficient (Wildman–Crippen LogP) is 2.08. The van der Waals surface area contributed by atoms with E-state index in [1.807, 2.05) is 21.0 Å². The molecule has 6 heteroatoms. The van der Waals surface area contributed by atoms with Crippen LogP contribution in [0.15, 0.2) is 27.6 Å². The molecule has 1 aromatic rings. The Labute approximate surface area is 123 Å². The minimum Gasteiger partial charge on any atom is -0.301 e. The lowest BCUT2D eigenvalue weighted by molar-refractivity contribution is 0.0385. The maximum atomic E-state index is 12.5. The van der Waals surface area contributed by atoms with Crippen molar-refractivity contribution in [3.63, 3.8) is 0 Å². The summed E-state index contributed by atoms with van der Waals surface area (Å²) in [5.41, 5.74) is 0.870. The zero-order chi connectivity index (χ0) is 14.4. The standard InChI is InChI=1S/C13H19BrN2O2S/c1-10-7-11(5-6-12(10)14)19(17,18)16-8-13(2,9-16)15(3)4/h5-7H,8-9H2,1-4H3. The van der Waals surface area contributed by atoms with Gasteiger partial charge in [0.15, 0.2) is 0 Å². The highest BCUT2D eigenvalue weighted by Crippen LogP contribution is 2.32. The van der Waals surface area contributed by atoms with Gasteiger partial charge in [0.2, 0.25) is 10.0 Å². The van der Waals surface area contributed by atoms with Crippen molar-refractivity contribution >= 4 is 26.0 Å². The van der Waals surface area contributed by atoms with E-state index in [0.717, 1.165) is 10.0 Å². The highest BCUT2D eigenvalue weighted by Gasteiger charge is 2.46. The molecular formula is C13H19BrN2O2S. The molecule has 0 bridgehead atoms. The van der Waals surface area contributed by atoms with Crippen molar-refractivity contribution in [3.05, 3.63) is 28.2 Å². The molecular weight excluding hydrogens is 328 g/mol. The third-order valence-electron chi connectivity index (χ3n) is 3.88. The fourth-order valence-electron chi connectivity index (χ4n) is 2.09. The normalized spacial score (nSPS) is 19.5. The molecule has 0 unspecified atom stereocenters. The average molecular weight is 347 g/mol. The van der Waals surface area contributed by atoms with Crippen LogP contribution in [0.1, 0.15) is 12.5 Å². The Morgan fingerprint density at radius 1 is 1.32 bits per heavy atom. The monoisotopic (exact) mass is 346 g/mol. The van der Waals surface area contributed by atoms with E-state index in [1.165, 1.54) is 4.31 Å². The number of rotatable bonds is 3. The molecule has 0 aliphatic carbocycles. The van der Waals surface area contributed by atoms with E-state index in [0.29, 0.717) is 18.0 Å². The molecule has 0 N–H and O–H groups in total. The Kier molecular flexibility index (Phi) is 3.81. The van der Waals surface area contributed by atoms with Gasteiger partial charge in [-0.1, -0.05) is 15.9 Å². The van der Waals surface area contributed by atoms with Crippen molar-refractivity contribution < 1.29 is 8.42 Å². The highest BCUT2D eigenvalue weighted by molar-refractivity contribution is 9.10. The first-order chi connectivity index (χ1) is 8.67. The van der Waals surface area contributed by atoms with Crippen LogP contribution >= 0.6 is 15.9 Å². The van der Waals surface area contributed by atoms with E-state index in [9.17, 15) is 8.42 Å². The molecule has 1 aliphatic heterocycles. The maximum Gasteiger partial charge on any atom is 0.243 e. The zero-order valence-electron chi connectivity index (χ0n) is 11.6. The summed E-state index contributed by atoms with van der Waals surface area (Å²) in [5.74, 6) is 0. The number of nitrogens with zero attached hydrogens (tertiary/aromatic N) is 2. The summed E-state index contributed by atoms with van der Waals surface area (Å²) in [7, 11) is 0.600. The van der Waals surface area contributed by atoms with Gasteiger partial charge in [-0.25, -0.2) is 8.42 Å². The minimum atomic E-state index is -3.36. The van der Waals surface area contributed by atoms with Crippen LogP contribution in [0.5, 0.6) is 0 Å². The van der Waals surface area contributed by atoms with E-state index in [4.69, 9.17) is 0 Å². The molecule has 0 atom stereocenters. The highest BCUT2D eigenvalue weighted by atomic mass is 79.9. The summed E-state index contributed by atoms with van der Waals surface area (Å²) in [4.78, 5) is 2.44. The third-order valence-corrected chi connectivity index (χ3v) is 6.56. The average Bonchev–Trinajstić information content (AvgIpc) is 2.27. The number of halogens is 1. The van der Waals surface area contributed by atoms with Gasteiger partial charge in [-0.2, -0.15) is 4.31 Å². The molecule has 0 amide bonds. The number of likely N-dealkylation sites (N-methyl/N-ethyl adjacent to an activating group) is 1. The summed E-state index contributed by atoms with van der Waals surface area (Å²) < 4.78 is 27.4. The van der Waals surface area contributed by atoms with Gasteiger partial charge in [-0.3, -0.25) is 0 Å². The Bertz CT molecular complexity index is 593. The first-order valence-corrected chi connectivity index (χ1v) is 8.34. The molecule has 1 fully saturated rings. The smallest absolute Gasteiger partial charge is 0.243 e. The van der Waals surface area contributed by atoms with Crippen LogP contribution < -0.4 is 0 Å². The molecule has 1 aliphatic rings. The first-order valence-electron chi connectivity index (χ1n) is 6.10. The van der Waals surface area contributed by atoms with Crippen LogP contribution in [0.25, 0.3) is 0 Å². The summed E-state index contributed by atoms with van der Waals surface area (Å²) in [6.07, 6.45) is 0. The topological polar surface area (TPSA) is 40.6 Å². The molecule has 4 nitrogen and oxygen atoms in total. The molecule has 19 heavy (non-hydrogen) atoms. The predicted molar refractivity (Wildman–Crippen MR) is 79.7 cm³/mol. The van der Waals surface area contributed by atoms with Gasteiger partial charge < -0.3 is 4.90 Å². The van der Waals surface area contributed by atoms with Crippen LogP contribution in [-0.4, -0.2) is 50.3 Å². The van der Waals surface area contributed by atoms with Crippen LogP contribution in [0.3, 0.4) is 0 Å². The maximum absolute atomic E-state index is 12.5. The van der Waals surface area contributed by atoms with E-state index < -0.39 is 10.0 Å². The van der Waals surface area contributed by atoms with Crippen LogP contribution in [0.2, 0.25) is 0 Å². The number of hydrogen-bond acceptors (Lipinski definition) is 3. The molecule has 1 heterocycles. The molecule has 0 aromatic heterocycles. The lowest BCUT2D eigenvalue weighted by atomic mass is 9.94. The van der Waals surface area contributed by atoms with Crippen molar-refractivity contribution in [2.45, 2.75) is 24.3 Å². The number of sulfonamides is 1. The zero-order valence-corrected chi connectivity index (χ0v) is 14.0. The van der Waals surface area contributed by atoms with Gasteiger partial charge >= 0.3 is 0 Å². The van der Waals surface area contributed by atoms with Gasteiger partial charge in [-0.15, -0.1) is 0 Å². The molecule has 1 saturated heterocycles. The molecule has 0 saturated carbocycles. The van der Waals surface area contributed by atoms with Crippen molar-refractivity contribution in [3.8, 4) is 0 Å². The quantitative estimate of drug-likeness (QED) is 0.841. The van der Waals surface area contributed by atoms with Gasteiger partial charge in [0.05, 0.1) is 4.90 Å². The molecule has 2 rings (SSSR count). The Morgan fingerprint density at radius 2 is 1.89 bits per heavy atom. The largest absolute Gasteiger partial charge is 0.301 e. The molecule has 0 spiro atoms. The summed E-state index contributed by atoms with van der Waals surface area (Å²) in [6, 6.07) is 5.15.